The van der Waals surface area contributed by atoms with Crippen LogP contribution in [0.3, 0.4) is 0 Å². The number of fused-ring (bicyclic) bond motifs is 1. The third-order valence-corrected chi connectivity index (χ3v) is 2.38. The van der Waals surface area contributed by atoms with E-state index in [1.807, 2.05) is 11.8 Å². The number of H-pyrrole nitrogens is 1. The third kappa shape index (κ3) is 1.80. The second-order valence-corrected chi connectivity index (χ2v) is 3.29. The van der Waals surface area contributed by atoms with Gasteiger partial charge in [-0.3, -0.25) is 0 Å². The number of imidazole rings is 1. The maximum absolute atomic E-state index is 8.60. The molecule has 0 bridgehead atoms. The highest BCUT2D eigenvalue weighted by atomic mass is 15.2. The quantitative estimate of drug-likeness (QED) is 0.827. The molecule has 0 fully saturated rings. The topological polar surface area (TPSA) is 81.5 Å². The first kappa shape index (κ1) is 10.4. The highest BCUT2D eigenvalue weighted by Gasteiger charge is 2.11. The fraction of sp³-hybridized carbons (Fsp3) is 0.400. The van der Waals surface area contributed by atoms with Gasteiger partial charge in [0.1, 0.15) is 11.8 Å². The molecule has 0 saturated heterocycles. The van der Waals surface area contributed by atoms with Gasteiger partial charge in [-0.25, -0.2) is 15.0 Å². The van der Waals surface area contributed by atoms with Crippen LogP contribution in [0.15, 0.2) is 12.7 Å². The first-order valence-electron chi connectivity index (χ1n) is 5.12. The lowest BCUT2D eigenvalue weighted by Gasteiger charge is -2.20. The average Bonchev–Trinajstić information content (AvgIpc) is 2.78. The number of anilines is 1. The lowest BCUT2D eigenvalue weighted by atomic mass is 10.3. The van der Waals surface area contributed by atoms with Crippen LogP contribution < -0.4 is 4.90 Å². The van der Waals surface area contributed by atoms with Crippen LogP contribution in [0.25, 0.3) is 11.2 Å². The first-order chi connectivity index (χ1) is 7.86. The van der Waals surface area contributed by atoms with Crippen LogP contribution in [0.4, 0.5) is 5.82 Å². The Balaban J connectivity index is 2.37. The van der Waals surface area contributed by atoms with Crippen LogP contribution in [-0.2, 0) is 0 Å². The molecule has 0 aliphatic carbocycles. The molecule has 0 radical (unpaired) electrons. The Bertz CT molecular complexity index is 511. The second-order valence-electron chi connectivity index (χ2n) is 3.29. The van der Waals surface area contributed by atoms with E-state index in [-0.39, 0.29) is 0 Å². The molecule has 0 unspecified atom stereocenters. The van der Waals surface area contributed by atoms with E-state index < -0.39 is 0 Å². The molecule has 0 atom stereocenters. The van der Waals surface area contributed by atoms with Crippen molar-refractivity contribution in [3.8, 4) is 6.07 Å². The van der Waals surface area contributed by atoms with Crippen LogP contribution in [0.2, 0.25) is 0 Å². The van der Waals surface area contributed by atoms with Crippen molar-refractivity contribution in [2.45, 2.75) is 13.3 Å². The van der Waals surface area contributed by atoms with Crippen molar-refractivity contribution >= 4 is 17.0 Å². The fourth-order valence-electron chi connectivity index (χ4n) is 1.59. The van der Waals surface area contributed by atoms with Crippen LogP contribution in [0, 0.1) is 11.3 Å². The summed E-state index contributed by atoms with van der Waals surface area (Å²) in [6.45, 7) is 3.49. The SMILES string of the molecule is CCN(CCC#N)c1ncnc2nc[nH]c12. The Morgan fingerprint density at radius 1 is 1.44 bits per heavy atom. The molecule has 0 aliphatic rings. The van der Waals surface area contributed by atoms with Crippen molar-refractivity contribution in [2.75, 3.05) is 18.0 Å². The minimum Gasteiger partial charge on any atom is -0.354 e. The molecule has 0 aliphatic heterocycles. The zero-order valence-electron chi connectivity index (χ0n) is 9.01. The number of nitriles is 1. The van der Waals surface area contributed by atoms with Gasteiger partial charge in [0.25, 0.3) is 0 Å². The Morgan fingerprint density at radius 2 is 2.31 bits per heavy atom. The molecule has 6 heteroatoms. The molecule has 6 nitrogen and oxygen atoms in total. The number of aromatic nitrogens is 4. The summed E-state index contributed by atoms with van der Waals surface area (Å²) < 4.78 is 0. The third-order valence-electron chi connectivity index (χ3n) is 2.38. The predicted molar refractivity (Wildman–Crippen MR) is 59.8 cm³/mol. The normalized spacial score (nSPS) is 10.2. The van der Waals surface area contributed by atoms with Crippen molar-refractivity contribution in [2.24, 2.45) is 0 Å². The van der Waals surface area contributed by atoms with Crippen LogP contribution in [0.5, 0.6) is 0 Å². The second kappa shape index (κ2) is 4.57. The molecule has 2 aromatic rings. The molecule has 16 heavy (non-hydrogen) atoms. The number of hydrogen-bond acceptors (Lipinski definition) is 5. The van der Waals surface area contributed by atoms with Gasteiger partial charge in [0.15, 0.2) is 11.5 Å². The zero-order valence-corrected chi connectivity index (χ0v) is 9.01. The Hall–Kier alpha value is -2.16. The van der Waals surface area contributed by atoms with Crippen molar-refractivity contribution < 1.29 is 0 Å². The summed E-state index contributed by atoms with van der Waals surface area (Å²) >= 11 is 0. The van der Waals surface area contributed by atoms with Gasteiger partial charge in [-0.05, 0) is 6.92 Å². The minimum atomic E-state index is 0.480. The van der Waals surface area contributed by atoms with E-state index in [0.717, 1.165) is 17.9 Å². The molecular weight excluding hydrogens is 204 g/mol. The van der Waals surface area contributed by atoms with Gasteiger partial charge in [-0.1, -0.05) is 0 Å². The Labute approximate surface area is 93.0 Å². The standard InChI is InChI=1S/C10H12N6/c1-2-16(5-3-4-11)10-8-9(13-6-12-8)14-7-15-10/h6-7H,2-3,5H2,1H3,(H,12,13,14,15). The van der Waals surface area contributed by atoms with Gasteiger partial charge < -0.3 is 9.88 Å². The van der Waals surface area contributed by atoms with E-state index in [0.29, 0.717) is 18.6 Å². The number of rotatable bonds is 4. The van der Waals surface area contributed by atoms with Gasteiger partial charge in [-0.2, -0.15) is 5.26 Å². The number of nitrogens with zero attached hydrogens (tertiary/aromatic N) is 5. The molecule has 82 valence electrons. The summed E-state index contributed by atoms with van der Waals surface area (Å²) in [6.07, 6.45) is 3.57. The van der Waals surface area contributed by atoms with E-state index >= 15 is 0 Å². The number of aromatic amines is 1. The largest absolute Gasteiger partial charge is 0.354 e. The Kier molecular flexibility index (Phi) is 2.96. The fourth-order valence-corrected chi connectivity index (χ4v) is 1.59. The summed E-state index contributed by atoms with van der Waals surface area (Å²) in [5, 5.41) is 8.60. The van der Waals surface area contributed by atoms with E-state index in [1.54, 1.807) is 6.33 Å². The van der Waals surface area contributed by atoms with Crippen molar-refractivity contribution in [1.82, 2.24) is 19.9 Å². The summed E-state index contributed by atoms with van der Waals surface area (Å²) in [7, 11) is 0. The maximum atomic E-state index is 8.60. The lowest BCUT2D eigenvalue weighted by molar-refractivity contribution is 0.812. The molecule has 0 spiro atoms. The molecule has 0 aromatic carbocycles. The molecule has 2 rings (SSSR count). The predicted octanol–water partition coefficient (Wildman–Crippen LogP) is 1.09. The van der Waals surface area contributed by atoms with E-state index in [4.69, 9.17) is 5.26 Å². The monoisotopic (exact) mass is 216 g/mol. The van der Waals surface area contributed by atoms with E-state index in [9.17, 15) is 0 Å². The van der Waals surface area contributed by atoms with Gasteiger partial charge in [-0.15, -0.1) is 0 Å². The van der Waals surface area contributed by atoms with Crippen molar-refractivity contribution in [1.29, 1.82) is 5.26 Å². The summed E-state index contributed by atoms with van der Waals surface area (Å²) in [6, 6.07) is 2.13. The van der Waals surface area contributed by atoms with Crippen LogP contribution in [0.1, 0.15) is 13.3 Å². The lowest BCUT2D eigenvalue weighted by Crippen LogP contribution is -2.25. The van der Waals surface area contributed by atoms with Crippen LogP contribution in [-0.4, -0.2) is 33.0 Å². The maximum Gasteiger partial charge on any atom is 0.182 e. The van der Waals surface area contributed by atoms with Crippen molar-refractivity contribution in [3.05, 3.63) is 12.7 Å². The van der Waals surface area contributed by atoms with Crippen LogP contribution >= 0.6 is 0 Å². The first-order valence-corrected chi connectivity index (χ1v) is 5.12. The van der Waals surface area contributed by atoms with Crippen molar-refractivity contribution in [3.63, 3.8) is 0 Å². The molecule has 0 saturated carbocycles. The van der Waals surface area contributed by atoms with Gasteiger partial charge in [0, 0.05) is 13.1 Å². The van der Waals surface area contributed by atoms with Gasteiger partial charge in [0.2, 0.25) is 0 Å². The Morgan fingerprint density at radius 3 is 3.06 bits per heavy atom. The molecule has 2 aromatic heterocycles. The molecule has 1 N–H and O–H groups in total. The zero-order chi connectivity index (χ0) is 11.4. The highest BCUT2D eigenvalue weighted by molar-refractivity contribution is 5.82. The van der Waals surface area contributed by atoms with E-state index in [2.05, 4.69) is 26.0 Å². The van der Waals surface area contributed by atoms with E-state index in [1.165, 1.54) is 6.33 Å². The molecular formula is C10H12N6. The average molecular weight is 216 g/mol. The van der Waals surface area contributed by atoms with Gasteiger partial charge >= 0.3 is 0 Å². The smallest absolute Gasteiger partial charge is 0.182 e. The van der Waals surface area contributed by atoms with Gasteiger partial charge in [0.05, 0.1) is 18.8 Å². The number of hydrogen-bond donors (Lipinski definition) is 1. The number of nitrogens with one attached hydrogen (secondary N) is 1. The summed E-state index contributed by atoms with van der Waals surface area (Å²) in [5.74, 6) is 0.806. The highest BCUT2D eigenvalue weighted by Crippen LogP contribution is 2.19. The summed E-state index contributed by atoms with van der Waals surface area (Å²) in [4.78, 5) is 17.4. The molecule has 2 heterocycles. The minimum absolute atomic E-state index is 0.480. The molecule has 0 amide bonds. The summed E-state index contributed by atoms with van der Waals surface area (Å²) in [5.41, 5.74) is 1.47.